The zero-order chi connectivity index (χ0) is 20.7. The molecule has 1 aliphatic rings. The van der Waals surface area contributed by atoms with Crippen LogP contribution in [0.4, 0.5) is 18.0 Å². The van der Waals surface area contributed by atoms with Crippen LogP contribution < -0.4 is 15.4 Å². The molecule has 0 atom stereocenters. The molecule has 0 aliphatic carbocycles. The fourth-order valence-corrected chi connectivity index (χ4v) is 3.02. The Morgan fingerprint density at radius 1 is 1.07 bits per heavy atom. The Bertz CT molecular complexity index is 823. The molecule has 8 heteroatoms. The van der Waals surface area contributed by atoms with Crippen LogP contribution >= 0.6 is 0 Å². The molecule has 0 radical (unpaired) electrons. The number of alkyl halides is 3. The second-order valence-corrected chi connectivity index (χ2v) is 6.75. The summed E-state index contributed by atoms with van der Waals surface area (Å²) in [5.41, 5.74) is 4.33. The van der Waals surface area contributed by atoms with Crippen molar-refractivity contribution in [1.82, 2.24) is 10.6 Å². The largest absolute Gasteiger partial charge is 0.493 e. The van der Waals surface area contributed by atoms with E-state index in [0.717, 1.165) is 41.9 Å². The second kappa shape index (κ2) is 9.65. The number of benzene rings is 2. The van der Waals surface area contributed by atoms with E-state index in [1.165, 1.54) is 5.56 Å². The fraction of sp³-hybridized carbons (Fsp3) is 0.381. The van der Waals surface area contributed by atoms with Crippen molar-refractivity contribution in [1.29, 1.82) is 0 Å². The summed E-state index contributed by atoms with van der Waals surface area (Å²) in [6.07, 6.45) is -2.32. The zero-order valence-corrected chi connectivity index (χ0v) is 15.8. The summed E-state index contributed by atoms with van der Waals surface area (Å²) >= 11 is 0. The average molecular weight is 408 g/mol. The number of nitrogens with one attached hydrogen (secondary N) is 2. The molecule has 5 nitrogen and oxygen atoms in total. The van der Waals surface area contributed by atoms with Gasteiger partial charge >= 0.3 is 12.2 Å². The van der Waals surface area contributed by atoms with Gasteiger partial charge in [0.05, 0.1) is 13.2 Å². The average Bonchev–Trinajstić information content (AvgIpc) is 2.71. The van der Waals surface area contributed by atoms with Crippen molar-refractivity contribution in [2.45, 2.75) is 25.6 Å². The summed E-state index contributed by atoms with van der Waals surface area (Å²) in [5.74, 6) is 0.954. The molecule has 1 aliphatic heterocycles. The van der Waals surface area contributed by atoms with Crippen LogP contribution in [0.3, 0.4) is 0 Å². The zero-order valence-electron chi connectivity index (χ0n) is 15.8. The Balaban J connectivity index is 1.43. The van der Waals surface area contributed by atoms with Gasteiger partial charge in [0.1, 0.15) is 12.4 Å². The van der Waals surface area contributed by atoms with Gasteiger partial charge in [-0.15, -0.1) is 0 Å². The maximum atomic E-state index is 11.9. The number of amides is 2. The van der Waals surface area contributed by atoms with Crippen LogP contribution in [0.15, 0.2) is 42.5 Å². The molecular weight excluding hydrogens is 385 g/mol. The number of carbonyl (C=O) groups excluding carboxylic acids is 1. The first-order chi connectivity index (χ1) is 13.9. The summed E-state index contributed by atoms with van der Waals surface area (Å²) in [6, 6.07) is 13.6. The Morgan fingerprint density at radius 3 is 2.59 bits per heavy atom. The minimum atomic E-state index is -4.36. The molecular formula is C21H23F3N2O3. The van der Waals surface area contributed by atoms with E-state index in [9.17, 15) is 18.0 Å². The number of urea groups is 1. The van der Waals surface area contributed by atoms with Gasteiger partial charge in [0.25, 0.3) is 0 Å². The van der Waals surface area contributed by atoms with E-state index in [2.05, 4.69) is 21.4 Å². The van der Waals surface area contributed by atoms with E-state index in [1.54, 1.807) is 0 Å². The van der Waals surface area contributed by atoms with Gasteiger partial charge in [-0.25, -0.2) is 4.79 Å². The molecule has 2 aromatic carbocycles. The number of hydrogen-bond acceptors (Lipinski definition) is 3. The summed E-state index contributed by atoms with van der Waals surface area (Å²) < 4.78 is 45.9. The van der Waals surface area contributed by atoms with Crippen molar-refractivity contribution < 1.29 is 27.4 Å². The van der Waals surface area contributed by atoms with Crippen LogP contribution in [0, 0.1) is 0 Å². The van der Waals surface area contributed by atoms with Gasteiger partial charge in [0.15, 0.2) is 0 Å². The first-order valence-electron chi connectivity index (χ1n) is 9.42. The lowest BCUT2D eigenvalue weighted by Crippen LogP contribution is -2.37. The highest BCUT2D eigenvalue weighted by Crippen LogP contribution is 2.30. The Morgan fingerprint density at radius 2 is 1.83 bits per heavy atom. The third kappa shape index (κ3) is 6.67. The smallest absolute Gasteiger partial charge is 0.411 e. The van der Waals surface area contributed by atoms with Gasteiger partial charge < -0.3 is 20.1 Å². The highest BCUT2D eigenvalue weighted by atomic mass is 19.4. The number of rotatable bonds is 7. The van der Waals surface area contributed by atoms with Gasteiger partial charge in [-0.2, -0.15) is 13.2 Å². The van der Waals surface area contributed by atoms with Crippen molar-refractivity contribution in [3.63, 3.8) is 0 Å². The first-order valence-corrected chi connectivity index (χ1v) is 9.42. The molecule has 0 aromatic heterocycles. The van der Waals surface area contributed by atoms with Gasteiger partial charge in [-0.05, 0) is 47.2 Å². The van der Waals surface area contributed by atoms with E-state index in [4.69, 9.17) is 4.74 Å². The van der Waals surface area contributed by atoms with Crippen molar-refractivity contribution in [2.24, 2.45) is 0 Å². The Labute approximate surface area is 167 Å². The Kier molecular flexibility index (Phi) is 6.98. The molecule has 0 fully saturated rings. The van der Waals surface area contributed by atoms with Gasteiger partial charge in [-0.3, -0.25) is 0 Å². The number of hydrogen-bond donors (Lipinski definition) is 2. The molecule has 156 valence electrons. The van der Waals surface area contributed by atoms with Crippen molar-refractivity contribution in [2.75, 3.05) is 26.4 Å². The molecule has 2 amide bonds. The lowest BCUT2D eigenvalue weighted by molar-refractivity contribution is -0.173. The van der Waals surface area contributed by atoms with Crippen LogP contribution in [-0.2, 0) is 17.7 Å². The summed E-state index contributed by atoms with van der Waals surface area (Å²) in [7, 11) is 0. The molecule has 0 unspecified atom stereocenters. The normalized spacial score (nSPS) is 13.3. The van der Waals surface area contributed by atoms with E-state index in [1.807, 2.05) is 36.4 Å². The van der Waals surface area contributed by atoms with E-state index in [-0.39, 0.29) is 13.2 Å². The molecule has 0 saturated carbocycles. The fourth-order valence-electron chi connectivity index (χ4n) is 3.02. The van der Waals surface area contributed by atoms with Gasteiger partial charge in [0.2, 0.25) is 0 Å². The predicted molar refractivity (Wildman–Crippen MR) is 103 cm³/mol. The topological polar surface area (TPSA) is 59.6 Å². The highest BCUT2D eigenvalue weighted by molar-refractivity contribution is 5.73. The molecule has 0 saturated heterocycles. The van der Waals surface area contributed by atoms with Crippen LogP contribution in [0.5, 0.6) is 5.75 Å². The maximum absolute atomic E-state index is 11.9. The minimum Gasteiger partial charge on any atom is -0.493 e. The highest BCUT2D eigenvalue weighted by Gasteiger charge is 2.27. The van der Waals surface area contributed by atoms with Crippen LogP contribution in [0.25, 0.3) is 11.1 Å². The quantitative estimate of drug-likeness (QED) is 0.680. The molecule has 2 N–H and O–H groups in total. The van der Waals surface area contributed by atoms with E-state index in [0.29, 0.717) is 6.54 Å². The number of carbonyl (C=O) groups is 1. The molecule has 0 spiro atoms. The second-order valence-electron chi connectivity index (χ2n) is 6.75. The summed E-state index contributed by atoms with van der Waals surface area (Å²) in [5, 5.41) is 5.11. The third-order valence-electron chi connectivity index (χ3n) is 4.45. The van der Waals surface area contributed by atoms with E-state index >= 15 is 0 Å². The lowest BCUT2D eigenvalue weighted by Gasteiger charge is -2.18. The van der Waals surface area contributed by atoms with Gasteiger partial charge in [-0.1, -0.05) is 30.3 Å². The summed E-state index contributed by atoms with van der Waals surface area (Å²) in [6.45, 7) is -0.439. The number of ether oxygens (including phenoxy) is 2. The molecule has 2 aromatic rings. The van der Waals surface area contributed by atoms with Crippen LogP contribution in [0.2, 0.25) is 0 Å². The van der Waals surface area contributed by atoms with E-state index < -0.39 is 18.8 Å². The monoisotopic (exact) mass is 408 g/mol. The van der Waals surface area contributed by atoms with Crippen LogP contribution in [-0.4, -0.2) is 38.6 Å². The Hall–Kier alpha value is -2.74. The number of aryl methyl sites for hydroxylation is 1. The molecule has 3 rings (SSSR count). The first kappa shape index (κ1) is 21.0. The number of fused-ring (bicyclic) bond motifs is 1. The SMILES string of the molecule is O=C(NCCOCC(F)(F)F)NCc1ccc(-c2ccc3c(c2)CCCO3)cc1. The van der Waals surface area contributed by atoms with Gasteiger partial charge in [0, 0.05) is 13.1 Å². The van der Waals surface area contributed by atoms with Crippen molar-refractivity contribution in [3.8, 4) is 16.9 Å². The molecule has 29 heavy (non-hydrogen) atoms. The van der Waals surface area contributed by atoms with Crippen molar-refractivity contribution in [3.05, 3.63) is 53.6 Å². The third-order valence-corrected chi connectivity index (χ3v) is 4.45. The number of halogens is 3. The standard InChI is InChI=1S/C21H23F3N2O3/c22-21(23,24)14-28-11-9-25-20(27)26-13-15-3-5-16(6-4-15)17-7-8-19-18(12-17)2-1-10-29-19/h3-8,12H,1-2,9-11,13-14H2,(H2,25,26,27). The van der Waals surface area contributed by atoms with Crippen LogP contribution in [0.1, 0.15) is 17.5 Å². The lowest BCUT2D eigenvalue weighted by atomic mass is 9.98. The summed E-state index contributed by atoms with van der Waals surface area (Å²) in [4.78, 5) is 11.7. The minimum absolute atomic E-state index is 0.00287. The predicted octanol–water partition coefficient (Wildman–Crippen LogP) is 4.06. The molecule has 0 bridgehead atoms. The molecule has 1 heterocycles. The van der Waals surface area contributed by atoms with Crippen molar-refractivity contribution >= 4 is 6.03 Å². The maximum Gasteiger partial charge on any atom is 0.411 e.